The van der Waals surface area contributed by atoms with Gasteiger partial charge in [-0.2, -0.15) is 17.9 Å². The minimum atomic E-state index is -3.56. The number of thiophene rings is 1. The fourth-order valence-electron chi connectivity index (χ4n) is 1.80. The van der Waals surface area contributed by atoms with Gasteiger partial charge in [-0.25, -0.2) is 0 Å². The molecule has 0 fully saturated rings. The summed E-state index contributed by atoms with van der Waals surface area (Å²) in [6, 6.07) is 9.01. The average Bonchev–Trinajstić information content (AvgIpc) is 3.04. The smallest absolute Gasteiger partial charge is 0.277 e. The molecular formula is C14H18N2O4S2. The van der Waals surface area contributed by atoms with Crippen LogP contribution in [0.15, 0.2) is 35.7 Å². The molecule has 0 radical (unpaired) electrons. The maximum absolute atomic E-state index is 11.9. The van der Waals surface area contributed by atoms with Gasteiger partial charge in [0, 0.05) is 18.0 Å². The van der Waals surface area contributed by atoms with Crippen LogP contribution in [-0.4, -0.2) is 22.6 Å². The van der Waals surface area contributed by atoms with Crippen molar-refractivity contribution in [2.75, 3.05) is 14.2 Å². The summed E-state index contributed by atoms with van der Waals surface area (Å²) >= 11 is 1.50. The zero-order chi connectivity index (χ0) is 16.0. The summed E-state index contributed by atoms with van der Waals surface area (Å²) in [6.45, 7) is 0.444. The van der Waals surface area contributed by atoms with E-state index in [4.69, 9.17) is 9.47 Å². The van der Waals surface area contributed by atoms with E-state index in [0.717, 1.165) is 10.4 Å². The van der Waals surface area contributed by atoms with Gasteiger partial charge in [0.1, 0.15) is 0 Å². The Hall–Kier alpha value is -1.61. The third kappa shape index (κ3) is 4.70. The lowest BCUT2D eigenvalue weighted by atomic mass is 10.2. The van der Waals surface area contributed by atoms with Crippen LogP contribution in [-0.2, 0) is 23.3 Å². The summed E-state index contributed by atoms with van der Waals surface area (Å²) in [6.07, 6.45) is 0. The van der Waals surface area contributed by atoms with Gasteiger partial charge in [0.15, 0.2) is 11.5 Å². The van der Waals surface area contributed by atoms with E-state index in [0.29, 0.717) is 11.5 Å². The fourth-order valence-corrected chi connectivity index (χ4v) is 3.34. The summed E-state index contributed by atoms with van der Waals surface area (Å²) in [7, 11) is -0.470. The second-order valence-corrected chi connectivity index (χ2v) is 7.03. The topological polar surface area (TPSA) is 76.7 Å². The maximum Gasteiger partial charge on any atom is 0.277 e. The lowest BCUT2D eigenvalue weighted by molar-refractivity contribution is 0.354. The van der Waals surface area contributed by atoms with Gasteiger partial charge in [-0.05, 0) is 29.1 Å². The molecule has 8 heteroatoms. The molecular weight excluding hydrogens is 324 g/mol. The van der Waals surface area contributed by atoms with Gasteiger partial charge in [0.25, 0.3) is 10.2 Å². The van der Waals surface area contributed by atoms with Crippen LogP contribution in [0.1, 0.15) is 10.4 Å². The zero-order valence-electron chi connectivity index (χ0n) is 12.3. The Balaban J connectivity index is 1.93. The molecule has 0 aliphatic heterocycles. The third-order valence-corrected chi connectivity index (χ3v) is 4.86. The van der Waals surface area contributed by atoms with Gasteiger partial charge in [0.05, 0.1) is 14.2 Å². The minimum absolute atomic E-state index is 0.167. The number of hydrogen-bond donors (Lipinski definition) is 2. The Bertz CT molecular complexity index is 700. The van der Waals surface area contributed by atoms with Gasteiger partial charge in [-0.3, -0.25) is 0 Å². The van der Waals surface area contributed by atoms with Crippen molar-refractivity contribution < 1.29 is 17.9 Å². The summed E-state index contributed by atoms with van der Waals surface area (Å²) in [5.74, 6) is 1.16. The fraction of sp³-hybridized carbons (Fsp3) is 0.286. The molecule has 0 unspecified atom stereocenters. The summed E-state index contributed by atoms with van der Waals surface area (Å²) in [4.78, 5) is 0.955. The van der Waals surface area contributed by atoms with Crippen molar-refractivity contribution in [2.24, 2.45) is 0 Å². The van der Waals surface area contributed by atoms with Gasteiger partial charge < -0.3 is 9.47 Å². The molecule has 2 rings (SSSR count). The highest BCUT2D eigenvalue weighted by atomic mass is 32.2. The van der Waals surface area contributed by atoms with E-state index < -0.39 is 10.2 Å². The molecule has 0 aliphatic carbocycles. The third-order valence-electron chi connectivity index (χ3n) is 2.93. The molecule has 1 aromatic heterocycles. The maximum atomic E-state index is 11.9. The van der Waals surface area contributed by atoms with E-state index in [9.17, 15) is 8.42 Å². The van der Waals surface area contributed by atoms with Crippen molar-refractivity contribution in [3.63, 3.8) is 0 Å². The Kier molecular flexibility index (Phi) is 5.78. The monoisotopic (exact) mass is 342 g/mol. The first-order valence-corrected chi connectivity index (χ1v) is 8.88. The van der Waals surface area contributed by atoms with Gasteiger partial charge >= 0.3 is 0 Å². The largest absolute Gasteiger partial charge is 0.493 e. The van der Waals surface area contributed by atoms with Crippen LogP contribution in [0.3, 0.4) is 0 Å². The van der Waals surface area contributed by atoms with E-state index >= 15 is 0 Å². The van der Waals surface area contributed by atoms with Crippen molar-refractivity contribution in [3.05, 3.63) is 46.2 Å². The molecule has 0 spiro atoms. The van der Waals surface area contributed by atoms with Crippen LogP contribution < -0.4 is 18.9 Å². The molecule has 22 heavy (non-hydrogen) atoms. The zero-order valence-corrected chi connectivity index (χ0v) is 14.0. The number of methoxy groups -OCH3 is 2. The molecule has 1 heterocycles. The van der Waals surface area contributed by atoms with Crippen molar-refractivity contribution in [2.45, 2.75) is 13.1 Å². The van der Waals surface area contributed by atoms with E-state index in [1.54, 1.807) is 25.3 Å². The van der Waals surface area contributed by atoms with Gasteiger partial charge in [0.2, 0.25) is 0 Å². The van der Waals surface area contributed by atoms with E-state index in [-0.39, 0.29) is 13.1 Å². The summed E-state index contributed by atoms with van der Waals surface area (Å²) in [5, 5.41) is 1.90. The molecule has 0 atom stereocenters. The molecule has 2 N–H and O–H groups in total. The highest BCUT2D eigenvalue weighted by molar-refractivity contribution is 7.87. The van der Waals surface area contributed by atoms with E-state index in [1.165, 1.54) is 18.4 Å². The van der Waals surface area contributed by atoms with Crippen LogP contribution in [0.2, 0.25) is 0 Å². The Morgan fingerprint density at radius 1 is 1.05 bits per heavy atom. The molecule has 1 aromatic carbocycles. The predicted octanol–water partition coefficient (Wildman–Crippen LogP) is 1.89. The first kappa shape index (κ1) is 16.8. The molecule has 0 saturated carbocycles. The normalized spacial score (nSPS) is 11.4. The van der Waals surface area contributed by atoms with Gasteiger partial charge in [-0.1, -0.05) is 12.1 Å². The molecule has 120 valence electrons. The molecule has 0 aliphatic rings. The van der Waals surface area contributed by atoms with Crippen LogP contribution in [0.4, 0.5) is 0 Å². The second-order valence-electron chi connectivity index (χ2n) is 4.41. The predicted molar refractivity (Wildman–Crippen MR) is 86.5 cm³/mol. The number of benzene rings is 1. The molecule has 6 nitrogen and oxygen atoms in total. The van der Waals surface area contributed by atoms with Crippen molar-refractivity contribution in [3.8, 4) is 11.5 Å². The highest BCUT2D eigenvalue weighted by Gasteiger charge is 2.11. The standard InChI is InChI=1S/C14H18N2O4S2/c1-19-13-6-5-11(8-14(13)20-2)9-15-22(17,18)16-10-12-4-3-7-21-12/h3-8,15-16H,9-10H2,1-2H3. The molecule has 0 bridgehead atoms. The van der Waals surface area contributed by atoms with Crippen LogP contribution in [0.25, 0.3) is 0 Å². The average molecular weight is 342 g/mol. The van der Waals surface area contributed by atoms with E-state index in [1.807, 2.05) is 17.5 Å². The van der Waals surface area contributed by atoms with Gasteiger partial charge in [-0.15, -0.1) is 11.3 Å². The molecule has 0 saturated heterocycles. The number of nitrogens with one attached hydrogen (secondary N) is 2. The number of ether oxygens (including phenoxy) is 2. The number of rotatable bonds is 8. The Labute approximate surface area is 134 Å². The van der Waals surface area contributed by atoms with Crippen LogP contribution in [0.5, 0.6) is 11.5 Å². The number of hydrogen-bond acceptors (Lipinski definition) is 5. The highest BCUT2D eigenvalue weighted by Crippen LogP contribution is 2.27. The quantitative estimate of drug-likeness (QED) is 0.768. The lowest BCUT2D eigenvalue weighted by Crippen LogP contribution is -2.35. The van der Waals surface area contributed by atoms with E-state index in [2.05, 4.69) is 9.44 Å². The molecule has 0 amide bonds. The molecule has 2 aromatic rings. The van der Waals surface area contributed by atoms with Crippen LogP contribution >= 0.6 is 11.3 Å². The van der Waals surface area contributed by atoms with Crippen molar-refractivity contribution in [1.29, 1.82) is 0 Å². The lowest BCUT2D eigenvalue weighted by Gasteiger charge is -2.11. The van der Waals surface area contributed by atoms with Crippen molar-refractivity contribution >= 4 is 21.5 Å². The minimum Gasteiger partial charge on any atom is -0.493 e. The van der Waals surface area contributed by atoms with Crippen LogP contribution in [0, 0.1) is 0 Å². The first-order chi connectivity index (χ1) is 10.5. The summed E-state index contributed by atoms with van der Waals surface area (Å²) in [5.41, 5.74) is 0.777. The first-order valence-electron chi connectivity index (χ1n) is 6.51. The Morgan fingerprint density at radius 2 is 1.77 bits per heavy atom. The SMILES string of the molecule is COc1ccc(CNS(=O)(=O)NCc2cccs2)cc1OC. The van der Waals surface area contributed by atoms with Crippen molar-refractivity contribution in [1.82, 2.24) is 9.44 Å². The summed E-state index contributed by atoms with van der Waals surface area (Å²) < 4.78 is 39.1. The Morgan fingerprint density at radius 3 is 2.41 bits per heavy atom. The second kappa shape index (κ2) is 7.59.